The normalized spacial score (nSPS) is 21.1. The molecule has 1 aromatic carbocycles. The zero-order valence-electron chi connectivity index (χ0n) is 15.3. The summed E-state index contributed by atoms with van der Waals surface area (Å²) in [5, 5.41) is 2.54. The first-order valence-electron chi connectivity index (χ1n) is 8.45. The van der Waals surface area contributed by atoms with Gasteiger partial charge in [0.25, 0.3) is 0 Å². The minimum atomic E-state index is -4.31. The van der Waals surface area contributed by atoms with Crippen molar-refractivity contribution in [2.75, 3.05) is 26.5 Å². The number of benzene rings is 1. The molecule has 1 aliphatic carbocycles. The maximum absolute atomic E-state index is 12.9. The van der Waals surface area contributed by atoms with Crippen LogP contribution in [0.2, 0.25) is 0 Å². The van der Waals surface area contributed by atoms with Gasteiger partial charge in [-0.15, -0.1) is 0 Å². The van der Waals surface area contributed by atoms with Crippen LogP contribution < -0.4 is 10.1 Å². The zero-order valence-corrected chi connectivity index (χ0v) is 16.2. The minimum Gasteiger partial charge on any atom is -0.495 e. The van der Waals surface area contributed by atoms with Crippen LogP contribution in [0.25, 0.3) is 0 Å². The average molecular weight is 408 g/mol. The first kappa shape index (κ1) is 21.5. The number of methoxy groups -OCH3 is 1. The van der Waals surface area contributed by atoms with Crippen molar-refractivity contribution in [2.24, 2.45) is 11.8 Å². The van der Waals surface area contributed by atoms with Crippen molar-refractivity contribution in [1.29, 1.82) is 0 Å². The molecule has 152 valence electrons. The highest BCUT2D eigenvalue weighted by Crippen LogP contribution is 2.40. The summed E-state index contributed by atoms with van der Waals surface area (Å²) in [5.74, 6) is -2.68. The molecule has 27 heavy (non-hydrogen) atoms. The molecule has 0 bridgehead atoms. The molecule has 0 saturated heterocycles. The number of nitrogens with zero attached hydrogens (tertiary/aromatic N) is 1. The second kappa shape index (κ2) is 8.05. The molecule has 1 saturated carbocycles. The van der Waals surface area contributed by atoms with Crippen molar-refractivity contribution in [3.63, 3.8) is 0 Å². The van der Waals surface area contributed by atoms with Crippen LogP contribution in [0.1, 0.15) is 25.7 Å². The van der Waals surface area contributed by atoms with Crippen LogP contribution >= 0.6 is 0 Å². The minimum absolute atomic E-state index is 0.0288. The lowest BCUT2D eigenvalue weighted by molar-refractivity contribution is -0.185. The van der Waals surface area contributed by atoms with Crippen LogP contribution in [0.15, 0.2) is 23.1 Å². The van der Waals surface area contributed by atoms with E-state index in [0.29, 0.717) is 12.8 Å². The molecule has 0 aromatic heterocycles. The van der Waals surface area contributed by atoms with E-state index in [-0.39, 0.29) is 29.2 Å². The fourth-order valence-electron chi connectivity index (χ4n) is 3.12. The number of rotatable bonds is 5. The monoisotopic (exact) mass is 408 g/mol. The molecule has 1 amide bonds. The number of anilines is 1. The Labute approximate surface area is 156 Å². The Morgan fingerprint density at radius 3 is 2.48 bits per heavy atom. The molecule has 0 spiro atoms. The van der Waals surface area contributed by atoms with E-state index in [2.05, 4.69) is 5.32 Å². The number of halogens is 3. The van der Waals surface area contributed by atoms with Gasteiger partial charge in [0.15, 0.2) is 0 Å². The highest BCUT2D eigenvalue weighted by Gasteiger charge is 2.43. The van der Waals surface area contributed by atoms with E-state index in [4.69, 9.17) is 4.74 Å². The van der Waals surface area contributed by atoms with E-state index >= 15 is 0 Å². The van der Waals surface area contributed by atoms with Crippen LogP contribution in [0.3, 0.4) is 0 Å². The van der Waals surface area contributed by atoms with E-state index in [1.54, 1.807) is 0 Å². The Bertz CT molecular complexity index is 794. The van der Waals surface area contributed by atoms with Crippen LogP contribution in [0.5, 0.6) is 5.75 Å². The predicted octanol–water partition coefficient (Wildman–Crippen LogP) is 3.25. The number of hydrogen-bond acceptors (Lipinski definition) is 4. The van der Waals surface area contributed by atoms with Crippen molar-refractivity contribution in [2.45, 2.75) is 36.8 Å². The first-order valence-corrected chi connectivity index (χ1v) is 9.89. The molecule has 0 radical (unpaired) electrons. The molecular weight excluding hydrogens is 385 g/mol. The van der Waals surface area contributed by atoms with Gasteiger partial charge in [0, 0.05) is 25.7 Å². The fourth-order valence-corrected chi connectivity index (χ4v) is 4.20. The standard InChI is InChI=1S/C17H23F3N2O4S/c1-22(2)27(24,25)15-10-13(7-8-14(15)26-3)21-16(23)11-5-4-6-12(9-11)17(18,19)20/h7-8,10-12H,4-6,9H2,1-3H3,(H,21,23)/t11-,12+/m0/s1. The van der Waals surface area contributed by atoms with Gasteiger partial charge in [0.2, 0.25) is 15.9 Å². The number of carbonyl (C=O) groups is 1. The third-order valence-electron chi connectivity index (χ3n) is 4.70. The van der Waals surface area contributed by atoms with Crippen LogP contribution in [0.4, 0.5) is 18.9 Å². The Morgan fingerprint density at radius 2 is 1.93 bits per heavy atom. The van der Waals surface area contributed by atoms with E-state index in [0.717, 1.165) is 4.31 Å². The number of sulfonamides is 1. The first-order chi connectivity index (χ1) is 12.5. The van der Waals surface area contributed by atoms with Crippen LogP contribution in [-0.4, -0.2) is 46.0 Å². The maximum Gasteiger partial charge on any atom is 0.391 e. The number of alkyl halides is 3. The Morgan fingerprint density at radius 1 is 1.26 bits per heavy atom. The van der Waals surface area contributed by atoms with Gasteiger partial charge in [-0.05, 0) is 37.5 Å². The second-order valence-corrected chi connectivity index (χ2v) is 8.86. The highest BCUT2D eigenvalue weighted by molar-refractivity contribution is 7.89. The largest absolute Gasteiger partial charge is 0.495 e. The summed E-state index contributed by atoms with van der Waals surface area (Å²) in [4.78, 5) is 12.3. The highest BCUT2D eigenvalue weighted by atomic mass is 32.2. The molecule has 0 aliphatic heterocycles. The molecular formula is C17H23F3N2O4S. The van der Waals surface area contributed by atoms with Crippen molar-refractivity contribution in [3.05, 3.63) is 18.2 Å². The third kappa shape index (κ3) is 4.92. The SMILES string of the molecule is COc1ccc(NC(=O)[C@H]2CCC[C@@H](C(F)(F)F)C2)cc1S(=O)(=O)N(C)C. The van der Waals surface area contributed by atoms with Gasteiger partial charge in [-0.1, -0.05) is 6.42 Å². The number of carbonyl (C=O) groups excluding carboxylic acids is 1. The van der Waals surface area contributed by atoms with Gasteiger partial charge in [-0.25, -0.2) is 12.7 Å². The van der Waals surface area contributed by atoms with E-state index in [9.17, 15) is 26.4 Å². The lowest BCUT2D eigenvalue weighted by atomic mass is 9.80. The zero-order chi connectivity index (χ0) is 20.4. The van der Waals surface area contributed by atoms with Crippen molar-refractivity contribution >= 4 is 21.6 Å². The molecule has 1 aromatic rings. The van der Waals surface area contributed by atoms with Gasteiger partial charge in [-0.2, -0.15) is 13.2 Å². The summed E-state index contributed by atoms with van der Waals surface area (Å²) in [6.07, 6.45) is -3.84. The van der Waals surface area contributed by atoms with Gasteiger partial charge < -0.3 is 10.1 Å². The molecule has 2 rings (SSSR count). The Balaban J connectivity index is 2.21. The topological polar surface area (TPSA) is 75.7 Å². The maximum atomic E-state index is 12.9. The molecule has 0 unspecified atom stereocenters. The van der Waals surface area contributed by atoms with E-state index < -0.39 is 33.9 Å². The van der Waals surface area contributed by atoms with Crippen LogP contribution in [-0.2, 0) is 14.8 Å². The molecule has 1 fully saturated rings. The van der Waals surface area contributed by atoms with Gasteiger partial charge in [-0.3, -0.25) is 4.79 Å². The summed E-state index contributed by atoms with van der Waals surface area (Å²) >= 11 is 0. The molecule has 6 nitrogen and oxygen atoms in total. The number of hydrogen-bond donors (Lipinski definition) is 1. The third-order valence-corrected chi connectivity index (χ3v) is 6.53. The van der Waals surface area contributed by atoms with Gasteiger partial charge in [0.05, 0.1) is 13.0 Å². The lowest BCUT2D eigenvalue weighted by Gasteiger charge is -2.29. The van der Waals surface area contributed by atoms with E-state index in [1.165, 1.54) is 39.4 Å². The van der Waals surface area contributed by atoms with Gasteiger partial charge in [0.1, 0.15) is 10.6 Å². The molecule has 1 aliphatic rings. The van der Waals surface area contributed by atoms with E-state index in [1.807, 2.05) is 0 Å². The quantitative estimate of drug-likeness (QED) is 0.812. The number of amides is 1. The molecule has 2 atom stereocenters. The summed E-state index contributed by atoms with van der Waals surface area (Å²) < 4.78 is 69.7. The average Bonchev–Trinajstić information content (AvgIpc) is 2.60. The summed E-state index contributed by atoms with van der Waals surface area (Å²) in [6, 6.07) is 4.09. The van der Waals surface area contributed by atoms with Crippen molar-refractivity contribution in [3.8, 4) is 5.75 Å². The van der Waals surface area contributed by atoms with Crippen molar-refractivity contribution < 1.29 is 31.1 Å². The van der Waals surface area contributed by atoms with Crippen LogP contribution in [0, 0.1) is 11.8 Å². The molecule has 0 heterocycles. The summed E-state index contributed by atoms with van der Waals surface area (Å²) in [6.45, 7) is 0. The smallest absolute Gasteiger partial charge is 0.391 e. The van der Waals surface area contributed by atoms with Crippen molar-refractivity contribution in [1.82, 2.24) is 4.31 Å². The summed E-state index contributed by atoms with van der Waals surface area (Å²) in [7, 11) is 0.219. The van der Waals surface area contributed by atoms with Gasteiger partial charge >= 0.3 is 6.18 Å². The summed E-state index contributed by atoms with van der Waals surface area (Å²) in [5.41, 5.74) is 0.190. The molecule has 10 heteroatoms. The number of nitrogens with one attached hydrogen (secondary N) is 1. The fraction of sp³-hybridized carbons (Fsp3) is 0.588. The molecule has 1 N–H and O–H groups in total. The second-order valence-electron chi connectivity index (χ2n) is 6.74. The predicted molar refractivity (Wildman–Crippen MR) is 94.0 cm³/mol. The lowest BCUT2D eigenvalue weighted by Crippen LogP contribution is -2.34. The Kier molecular flexibility index (Phi) is 6.41. The number of ether oxygens (including phenoxy) is 1. The Hall–Kier alpha value is -1.81.